The summed E-state index contributed by atoms with van der Waals surface area (Å²) in [6.45, 7) is 3.25. The molecule has 0 aromatic rings. The monoisotopic (exact) mass is 320 g/mol. The molecule has 5 atom stereocenters. The molecule has 1 saturated heterocycles. The molecule has 1 aliphatic rings. The summed E-state index contributed by atoms with van der Waals surface area (Å²) in [5, 5.41) is 9.92. The van der Waals surface area contributed by atoms with Crippen LogP contribution >= 0.6 is 0 Å². The molecule has 0 aliphatic carbocycles. The fourth-order valence-corrected chi connectivity index (χ4v) is 2.14. The number of hydrogen-bond acceptors (Lipinski definition) is 9. The van der Waals surface area contributed by atoms with Gasteiger partial charge in [-0.15, -0.1) is 0 Å². The molecule has 0 amide bonds. The van der Waals surface area contributed by atoms with E-state index >= 15 is 0 Å². The molecule has 0 bridgehead atoms. The highest BCUT2D eigenvalue weighted by atomic mass is 16.7. The molecule has 1 N–H and O–H groups in total. The maximum absolute atomic E-state index is 11.3. The van der Waals surface area contributed by atoms with Gasteiger partial charge >= 0.3 is 17.9 Å². The standard InChI is InChI=1S/C13H20O9/c1-6(14)19-5-9-10(20-7(2)15)11(21-8(3)16)12(18-4)13(17)22-9/h9-13,17H,5H2,1-4H3/t9?,10-,11?,12?,13-/m1/s1. The molecule has 1 heterocycles. The SMILES string of the molecule is COC1C(OC(C)=O)[C@H](OC(C)=O)C(COC(C)=O)O[C@H]1O. The van der Waals surface area contributed by atoms with E-state index < -0.39 is 48.6 Å². The third-order valence-corrected chi connectivity index (χ3v) is 2.94. The summed E-state index contributed by atoms with van der Waals surface area (Å²) in [4.78, 5) is 33.5. The van der Waals surface area contributed by atoms with E-state index in [-0.39, 0.29) is 6.61 Å². The Hall–Kier alpha value is -1.71. The van der Waals surface area contributed by atoms with Crippen molar-refractivity contribution in [2.24, 2.45) is 0 Å². The summed E-state index contributed by atoms with van der Waals surface area (Å²) in [5.41, 5.74) is 0. The number of carbonyl (C=O) groups is 3. The van der Waals surface area contributed by atoms with E-state index in [2.05, 4.69) is 0 Å². The van der Waals surface area contributed by atoms with Gasteiger partial charge in [-0.3, -0.25) is 14.4 Å². The van der Waals surface area contributed by atoms with E-state index in [1.165, 1.54) is 27.9 Å². The first-order valence-electron chi connectivity index (χ1n) is 6.60. The number of rotatable bonds is 5. The Labute approximate surface area is 127 Å². The second-order valence-electron chi connectivity index (χ2n) is 4.72. The van der Waals surface area contributed by atoms with E-state index in [9.17, 15) is 19.5 Å². The van der Waals surface area contributed by atoms with Gasteiger partial charge in [0.05, 0.1) is 0 Å². The Morgan fingerprint density at radius 2 is 1.50 bits per heavy atom. The third-order valence-electron chi connectivity index (χ3n) is 2.94. The van der Waals surface area contributed by atoms with Crippen molar-refractivity contribution in [3.05, 3.63) is 0 Å². The van der Waals surface area contributed by atoms with E-state index in [1.54, 1.807) is 0 Å². The van der Waals surface area contributed by atoms with Crippen molar-refractivity contribution >= 4 is 17.9 Å². The highest BCUT2D eigenvalue weighted by Crippen LogP contribution is 2.27. The second-order valence-corrected chi connectivity index (χ2v) is 4.72. The van der Waals surface area contributed by atoms with Gasteiger partial charge in [0.25, 0.3) is 0 Å². The van der Waals surface area contributed by atoms with E-state index in [0.29, 0.717) is 0 Å². The number of aliphatic hydroxyl groups is 1. The third kappa shape index (κ3) is 4.93. The van der Waals surface area contributed by atoms with Crippen LogP contribution in [-0.2, 0) is 38.1 Å². The Morgan fingerprint density at radius 3 is 1.95 bits per heavy atom. The minimum atomic E-state index is -1.44. The lowest BCUT2D eigenvalue weighted by molar-refractivity contribution is -0.297. The number of ether oxygens (including phenoxy) is 5. The number of carbonyl (C=O) groups excluding carboxylic acids is 3. The van der Waals surface area contributed by atoms with Crippen molar-refractivity contribution in [2.75, 3.05) is 13.7 Å². The van der Waals surface area contributed by atoms with Gasteiger partial charge < -0.3 is 28.8 Å². The van der Waals surface area contributed by atoms with Crippen LogP contribution in [0.3, 0.4) is 0 Å². The first-order chi connectivity index (χ1) is 10.3. The maximum Gasteiger partial charge on any atom is 0.303 e. The zero-order chi connectivity index (χ0) is 16.9. The van der Waals surface area contributed by atoms with E-state index in [0.717, 1.165) is 0 Å². The molecule has 3 unspecified atom stereocenters. The fraction of sp³-hybridized carbons (Fsp3) is 0.769. The summed E-state index contributed by atoms with van der Waals surface area (Å²) in [6, 6.07) is 0. The first kappa shape index (κ1) is 18.3. The summed E-state index contributed by atoms with van der Waals surface area (Å²) in [6.07, 6.45) is -5.69. The van der Waals surface area contributed by atoms with Crippen molar-refractivity contribution in [1.82, 2.24) is 0 Å². The first-order valence-corrected chi connectivity index (χ1v) is 6.60. The molecule has 22 heavy (non-hydrogen) atoms. The number of methoxy groups -OCH3 is 1. The molecule has 0 spiro atoms. The van der Waals surface area contributed by atoms with Crippen molar-refractivity contribution in [3.63, 3.8) is 0 Å². The highest BCUT2D eigenvalue weighted by molar-refractivity contribution is 5.67. The molecule has 126 valence electrons. The molecule has 9 nitrogen and oxygen atoms in total. The Balaban J connectivity index is 3.01. The molecule has 1 rings (SSSR count). The van der Waals surface area contributed by atoms with Crippen molar-refractivity contribution in [2.45, 2.75) is 51.5 Å². The molecular weight excluding hydrogens is 300 g/mol. The average molecular weight is 320 g/mol. The molecule has 9 heteroatoms. The summed E-state index contributed by atoms with van der Waals surface area (Å²) < 4.78 is 25.3. The van der Waals surface area contributed by atoms with Crippen LogP contribution in [-0.4, -0.2) is 67.4 Å². The lowest BCUT2D eigenvalue weighted by atomic mass is 9.98. The predicted molar refractivity (Wildman–Crippen MR) is 69.4 cm³/mol. The highest BCUT2D eigenvalue weighted by Gasteiger charge is 2.50. The zero-order valence-corrected chi connectivity index (χ0v) is 12.8. The maximum atomic E-state index is 11.3. The molecule has 1 fully saturated rings. The lowest BCUT2D eigenvalue weighted by Gasteiger charge is -2.42. The van der Waals surface area contributed by atoms with Gasteiger partial charge in [-0.25, -0.2) is 0 Å². The summed E-state index contributed by atoms with van der Waals surface area (Å²) in [7, 11) is 1.28. The van der Waals surface area contributed by atoms with Crippen LogP contribution in [0.5, 0.6) is 0 Å². The predicted octanol–water partition coefficient (Wildman–Crippen LogP) is -0.855. The molecule has 1 aliphatic heterocycles. The molecule has 0 radical (unpaired) electrons. The Morgan fingerprint density at radius 1 is 0.955 bits per heavy atom. The minimum Gasteiger partial charge on any atom is -0.463 e. The average Bonchev–Trinajstić information content (AvgIpc) is 2.39. The minimum absolute atomic E-state index is 0.279. The topological polar surface area (TPSA) is 118 Å². The van der Waals surface area contributed by atoms with Gasteiger partial charge in [0.1, 0.15) is 18.8 Å². The van der Waals surface area contributed by atoms with Gasteiger partial charge in [0.15, 0.2) is 18.5 Å². The van der Waals surface area contributed by atoms with Crippen LogP contribution in [0.1, 0.15) is 20.8 Å². The number of esters is 3. The van der Waals surface area contributed by atoms with Crippen LogP contribution in [0.4, 0.5) is 0 Å². The fourth-order valence-electron chi connectivity index (χ4n) is 2.14. The van der Waals surface area contributed by atoms with E-state index in [4.69, 9.17) is 23.7 Å². The molecular formula is C13H20O9. The van der Waals surface area contributed by atoms with Crippen LogP contribution in [0.25, 0.3) is 0 Å². The van der Waals surface area contributed by atoms with Crippen molar-refractivity contribution in [1.29, 1.82) is 0 Å². The van der Waals surface area contributed by atoms with Gasteiger partial charge in [-0.05, 0) is 0 Å². The summed E-state index contributed by atoms with van der Waals surface area (Å²) >= 11 is 0. The molecule has 0 saturated carbocycles. The number of aliphatic hydroxyl groups excluding tert-OH is 1. The van der Waals surface area contributed by atoms with Gasteiger partial charge in [0.2, 0.25) is 0 Å². The number of hydrogen-bond donors (Lipinski definition) is 1. The normalized spacial score (nSPS) is 31.2. The Bertz CT molecular complexity index is 422. The molecule has 0 aromatic heterocycles. The van der Waals surface area contributed by atoms with Crippen molar-refractivity contribution in [3.8, 4) is 0 Å². The van der Waals surface area contributed by atoms with Gasteiger partial charge in [-0.1, -0.05) is 0 Å². The van der Waals surface area contributed by atoms with Crippen LogP contribution in [0.15, 0.2) is 0 Å². The quantitative estimate of drug-likeness (QED) is 0.510. The smallest absolute Gasteiger partial charge is 0.303 e. The largest absolute Gasteiger partial charge is 0.463 e. The van der Waals surface area contributed by atoms with Crippen LogP contribution < -0.4 is 0 Å². The van der Waals surface area contributed by atoms with Crippen LogP contribution in [0.2, 0.25) is 0 Å². The van der Waals surface area contributed by atoms with Crippen LogP contribution in [0, 0.1) is 0 Å². The molecule has 0 aromatic carbocycles. The Kier molecular flexibility index (Phi) is 6.72. The second kappa shape index (κ2) is 8.06. The van der Waals surface area contributed by atoms with Crippen molar-refractivity contribution < 1.29 is 43.2 Å². The van der Waals surface area contributed by atoms with Gasteiger partial charge in [-0.2, -0.15) is 0 Å². The van der Waals surface area contributed by atoms with E-state index in [1.807, 2.05) is 0 Å². The zero-order valence-electron chi connectivity index (χ0n) is 12.8. The van der Waals surface area contributed by atoms with Gasteiger partial charge in [0, 0.05) is 27.9 Å². The summed E-state index contributed by atoms with van der Waals surface area (Å²) in [5.74, 6) is -1.87. The lowest BCUT2D eigenvalue weighted by Crippen LogP contribution is -2.61.